The zero-order valence-corrected chi connectivity index (χ0v) is 8.80. The first kappa shape index (κ1) is 10.4. The van der Waals surface area contributed by atoms with E-state index in [2.05, 4.69) is 9.97 Å². The van der Waals surface area contributed by atoms with Crippen LogP contribution < -0.4 is 10.5 Å². The fraction of sp³-hybridized carbons (Fsp3) is 0.636. The van der Waals surface area contributed by atoms with Gasteiger partial charge in [-0.15, -0.1) is 0 Å². The zero-order chi connectivity index (χ0) is 10.5. The molecule has 0 amide bonds. The molecule has 2 rings (SSSR count). The molecular formula is C11H17N3O. The Morgan fingerprint density at radius 2 is 2.00 bits per heavy atom. The molecule has 2 atom stereocenters. The van der Waals surface area contributed by atoms with Crippen LogP contribution in [0.5, 0.6) is 6.01 Å². The summed E-state index contributed by atoms with van der Waals surface area (Å²) in [6.07, 6.45) is 8.30. The highest BCUT2D eigenvalue weighted by Crippen LogP contribution is 2.26. The molecule has 0 saturated heterocycles. The van der Waals surface area contributed by atoms with Crippen LogP contribution >= 0.6 is 0 Å². The number of nitrogens with zero attached hydrogens (tertiary/aromatic N) is 2. The van der Waals surface area contributed by atoms with Gasteiger partial charge in [0, 0.05) is 18.3 Å². The maximum Gasteiger partial charge on any atom is 0.316 e. The molecule has 1 aromatic rings. The van der Waals surface area contributed by atoms with E-state index in [1.807, 2.05) is 0 Å². The second kappa shape index (κ2) is 5.07. The SMILES string of the molecule is NCC1CCCCC1Oc1ncccn1. The van der Waals surface area contributed by atoms with E-state index in [-0.39, 0.29) is 6.10 Å². The number of ether oxygens (including phenoxy) is 1. The van der Waals surface area contributed by atoms with Gasteiger partial charge in [0.2, 0.25) is 0 Å². The lowest BCUT2D eigenvalue weighted by Gasteiger charge is -2.29. The molecule has 2 unspecified atom stereocenters. The van der Waals surface area contributed by atoms with Crippen molar-refractivity contribution < 1.29 is 4.74 Å². The third-order valence-electron chi connectivity index (χ3n) is 2.94. The van der Waals surface area contributed by atoms with Crippen molar-refractivity contribution in [1.82, 2.24) is 9.97 Å². The predicted octanol–water partition coefficient (Wildman–Crippen LogP) is 1.37. The molecule has 0 spiro atoms. The molecule has 1 heterocycles. The Balaban J connectivity index is 1.97. The van der Waals surface area contributed by atoms with Gasteiger partial charge in [0.05, 0.1) is 0 Å². The molecule has 0 radical (unpaired) electrons. The van der Waals surface area contributed by atoms with Crippen molar-refractivity contribution >= 4 is 0 Å². The maximum atomic E-state index is 5.76. The average molecular weight is 207 g/mol. The molecule has 0 aromatic carbocycles. The average Bonchev–Trinajstić information content (AvgIpc) is 2.31. The van der Waals surface area contributed by atoms with Gasteiger partial charge < -0.3 is 10.5 Å². The number of hydrogen-bond donors (Lipinski definition) is 1. The summed E-state index contributed by atoms with van der Waals surface area (Å²) in [5.74, 6) is 0.461. The van der Waals surface area contributed by atoms with Crippen molar-refractivity contribution in [2.75, 3.05) is 6.54 Å². The highest BCUT2D eigenvalue weighted by molar-refractivity contribution is 4.95. The van der Waals surface area contributed by atoms with Crippen molar-refractivity contribution in [2.45, 2.75) is 31.8 Å². The highest BCUT2D eigenvalue weighted by Gasteiger charge is 2.26. The van der Waals surface area contributed by atoms with E-state index in [9.17, 15) is 0 Å². The van der Waals surface area contributed by atoms with Crippen molar-refractivity contribution in [3.05, 3.63) is 18.5 Å². The number of rotatable bonds is 3. The van der Waals surface area contributed by atoms with E-state index in [1.165, 1.54) is 12.8 Å². The van der Waals surface area contributed by atoms with E-state index in [0.717, 1.165) is 12.8 Å². The van der Waals surface area contributed by atoms with E-state index in [4.69, 9.17) is 10.5 Å². The van der Waals surface area contributed by atoms with Crippen molar-refractivity contribution in [1.29, 1.82) is 0 Å². The van der Waals surface area contributed by atoms with Crippen molar-refractivity contribution in [3.8, 4) is 6.01 Å². The number of aromatic nitrogens is 2. The van der Waals surface area contributed by atoms with Gasteiger partial charge in [-0.3, -0.25) is 0 Å². The molecule has 1 aromatic heterocycles. The Labute approximate surface area is 89.9 Å². The van der Waals surface area contributed by atoms with Gasteiger partial charge in [-0.2, -0.15) is 0 Å². The third kappa shape index (κ3) is 2.65. The summed E-state index contributed by atoms with van der Waals surface area (Å²) in [5.41, 5.74) is 5.73. The van der Waals surface area contributed by atoms with E-state index in [0.29, 0.717) is 18.5 Å². The largest absolute Gasteiger partial charge is 0.460 e. The summed E-state index contributed by atoms with van der Waals surface area (Å²) in [5, 5.41) is 0. The monoisotopic (exact) mass is 207 g/mol. The Bertz CT molecular complexity index is 291. The second-order valence-corrected chi connectivity index (χ2v) is 3.97. The van der Waals surface area contributed by atoms with Crippen LogP contribution in [-0.2, 0) is 0 Å². The Morgan fingerprint density at radius 3 is 2.73 bits per heavy atom. The van der Waals surface area contributed by atoms with Gasteiger partial charge >= 0.3 is 6.01 Å². The van der Waals surface area contributed by atoms with Gasteiger partial charge in [-0.25, -0.2) is 9.97 Å². The fourth-order valence-electron chi connectivity index (χ4n) is 2.08. The summed E-state index contributed by atoms with van der Waals surface area (Å²) in [4.78, 5) is 8.13. The molecule has 0 bridgehead atoms. The second-order valence-electron chi connectivity index (χ2n) is 3.97. The summed E-state index contributed by atoms with van der Waals surface area (Å²) in [6.45, 7) is 0.692. The number of nitrogens with two attached hydrogens (primary N) is 1. The summed E-state index contributed by atoms with van der Waals surface area (Å²) >= 11 is 0. The predicted molar refractivity (Wildman–Crippen MR) is 57.5 cm³/mol. The van der Waals surface area contributed by atoms with E-state index in [1.54, 1.807) is 18.5 Å². The van der Waals surface area contributed by atoms with Crippen LogP contribution in [-0.4, -0.2) is 22.6 Å². The highest BCUT2D eigenvalue weighted by atomic mass is 16.5. The summed E-state index contributed by atoms with van der Waals surface area (Å²) in [7, 11) is 0. The third-order valence-corrected chi connectivity index (χ3v) is 2.94. The van der Waals surface area contributed by atoms with Crippen molar-refractivity contribution in [3.63, 3.8) is 0 Å². The van der Waals surface area contributed by atoms with Crippen LogP contribution in [0.25, 0.3) is 0 Å². The van der Waals surface area contributed by atoms with Crippen LogP contribution in [0, 0.1) is 5.92 Å². The molecule has 82 valence electrons. The molecule has 4 heteroatoms. The quantitative estimate of drug-likeness (QED) is 0.813. The van der Waals surface area contributed by atoms with Crippen LogP contribution in [0.3, 0.4) is 0 Å². The smallest absolute Gasteiger partial charge is 0.316 e. The van der Waals surface area contributed by atoms with Gasteiger partial charge in [0.1, 0.15) is 6.10 Å². The molecule has 1 aliphatic carbocycles. The Morgan fingerprint density at radius 1 is 1.27 bits per heavy atom. The lowest BCUT2D eigenvalue weighted by Crippen LogP contribution is -2.35. The molecule has 0 aliphatic heterocycles. The summed E-state index contributed by atoms with van der Waals surface area (Å²) < 4.78 is 5.76. The topological polar surface area (TPSA) is 61.0 Å². The van der Waals surface area contributed by atoms with Crippen LogP contribution in [0.2, 0.25) is 0 Å². The standard InChI is InChI=1S/C11H17N3O/c12-8-9-4-1-2-5-10(9)15-11-13-6-3-7-14-11/h3,6-7,9-10H,1-2,4-5,8,12H2. The van der Waals surface area contributed by atoms with Crippen LogP contribution in [0.1, 0.15) is 25.7 Å². The Kier molecular flexibility index (Phi) is 3.50. The fourth-order valence-corrected chi connectivity index (χ4v) is 2.08. The van der Waals surface area contributed by atoms with Crippen LogP contribution in [0.15, 0.2) is 18.5 Å². The van der Waals surface area contributed by atoms with E-state index < -0.39 is 0 Å². The maximum absolute atomic E-state index is 5.76. The first-order valence-corrected chi connectivity index (χ1v) is 5.54. The minimum atomic E-state index is 0.200. The lowest BCUT2D eigenvalue weighted by atomic mass is 9.86. The lowest BCUT2D eigenvalue weighted by molar-refractivity contribution is 0.0871. The van der Waals surface area contributed by atoms with Crippen LogP contribution in [0.4, 0.5) is 0 Å². The number of hydrogen-bond acceptors (Lipinski definition) is 4. The Hall–Kier alpha value is -1.16. The van der Waals surface area contributed by atoms with Gasteiger partial charge in [-0.05, 0) is 31.9 Å². The minimum absolute atomic E-state index is 0.200. The molecule has 2 N–H and O–H groups in total. The molecular weight excluding hydrogens is 190 g/mol. The van der Waals surface area contributed by atoms with E-state index >= 15 is 0 Å². The molecule has 1 aliphatic rings. The van der Waals surface area contributed by atoms with Gasteiger partial charge in [-0.1, -0.05) is 6.42 Å². The van der Waals surface area contributed by atoms with Crippen molar-refractivity contribution in [2.24, 2.45) is 11.7 Å². The zero-order valence-electron chi connectivity index (χ0n) is 8.80. The first-order valence-electron chi connectivity index (χ1n) is 5.54. The molecule has 1 fully saturated rings. The normalized spacial score (nSPS) is 26.2. The first-order chi connectivity index (χ1) is 7.40. The molecule has 15 heavy (non-hydrogen) atoms. The molecule has 1 saturated carbocycles. The van der Waals surface area contributed by atoms with Gasteiger partial charge in [0.15, 0.2) is 0 Å². The molecule has 4 nitrogen and oxygen atoms in total. The van der Waals surface area contributed by atoms with Gasteiger partial charge in [0.25, 0.3) is 0 Å². The summed E-state index contributed by atoms with van der Waals surface area (Å²) in [6, 6.07) is 2.26. The minimum Gasteiger partial charge on any atom is -0.460 e.